The molecule has 0 amide bonds. The fourth-order valence-electron chi connectivity index (χ4n) is 2.53. The molecule has 1 aliphatic carbocycles. The quantitative estimate of drug-likeness (QED) is 0.841. The Morgan fingerprint density at radius 2 is 2.12 bits per heavy atom. The van der Waals surface area contributed by atoms with Gasteiger partial charge in [-0.2, -0.15) is 0 Å². The number of aryl methyl sites for hydroxylation is 2. The molecule has 2 atom stereocenters. The highest BCUT2D eigenvalue weighted by Crippen LogP contribution is 2.24. The monoisotopic (exact) mass is 238 g/mol. The van der Waals surface area contributed by atoms with Crippen LogP contribution in [0.2, 0.25) is 0 Å². The summed E-state index contributed by atoms with van der Waals surface area (Å²) in [5.74, 6) is 2.03. The molecule has 1 heterocycles. The van der Waals surface area contributed by atoms with E-state index in [0.717, 1.165) is 30.2 Å². The van der Waals surface area contributed by atoms with E-state index >= 15 is 0 Å². The summed E-state index contributed by atoms with van der Waals surface area (Å²) in [7, 11) is 0. The molecule has 17 heavy (non-hydrogen) atoms. The van der Waals surface area contributed by atoms with Crippen molar-refractivity contribution >= 4 is 0 Å². The van der Waals surface area contributed by atoms with Gasteiger partial charge in [0.15, 0.2) is 0 Å². The second-order valence-electron chi connectivity index (χ2n) is 4.96. The van der Waals surface area contributed by atoms with Gasteiger partial charge < -0.3 is 14.8 Å². The Balaban J connectivity index is 1.88. The Morgan fingerprint density at radius 1 is 1.35 bits per heavy atom. The molecule has 2 N–H and O–H groups in total. The lowest BCUT2D eigenvalue weighted by molar-refractivity contribution is 0.150. The SMILES string of the molecule is Cc1nc(CNC2CCCCC2CO)oc1C. The Bertz CT molecular complexity index is 343. The van der Waals surface area contributed by atoms with Gasteiger partial charge in [0.25, 0.3) is 0 Å². The highest BCUT2D eigenvalue weighted by atomic mass is 16.4. The third-order valence-corrected chi connectivity index (χ3v) is 3.73. The normalized spacial score (nSPS) is 25.1. The minimum Gasteiger partial charge on any atom is -0.444 e. The molecule has 1 fully saturated rings. The van der Waals surface area contributed by atoms with Crippen LogP contribution in [0.5, 0.6) is 0 Å². The summed E-state index contributed by atoms with van der Waals surface area (Å²) in [5.41, 5.74) is 0.962. The van der Waals surface area contributed by atoms with E-state index in [1.807, 2.05) is 13.8 Å². The number of oxazole rings is 1. The summed E-state index contributed by atoms with van der Waals surface area (Å²) in [6.45, 7) is 4.83. The van der Waals surface area contributed by atoms with Crippen LogP contribution in [0, 0.1) is 19.8 Å². The average Bonchev–Trinajstić information content (AvgIpc) is 2.66. The van der Waals surface area contributed by atoms with E-state index in [1.165, 1.54) is 12.8 Å². The van der Waals surface area contributed by atoms with E-state index < -0.39 is 0 Å². The first-order valence-corrected chi connectivity index (χ1v) is 6.48. The Kier molecular flexibility index (Phi) is 4.18. The maximum absolute atomic E-state index is 9.33. The molecule has 0 aliphatic heterocycles. The zero-order valence-electron chi connectivity index (χ0n) is 10.7. The van der Waals surface area contributed by atoms with Gasteiger partial charge in [0.1, 0.15) is 5.76 Å². The molecule has 1 saturated carbocycles. The topological polar surface area (TPSA) is 58.3 Å². The van der Waals surface area contributed by atoms with E-state index in [0.29, 0.717) is 18.5 Å². The first kappa shape index (κ1) is 12.6. The van der Waals surface area contributed by atoms with Crippen LogP contribution in [0.25, 0.3) is 0 Å². The van der Waals surface area contributed by atoms with Crippen molar-refractivity contribution < 1.29 is 9.52 Å². The Labute approximate surface area is 102 Å². The summed E-state index contributed by atoms with van der Waals surface area (Å²) in [5, 5.41) is 12.8. The molecule has 1 aromatic rings. The number of aliphatic hydroxyl groups is 1. The van der Waals surface area contributed by atoms with Crippen LogP contribution in [0.3, 0.4) is 0 Å². The summed E-state index contributed by atoms with van der Waals surface area (Å²) >= 11 is 0. The van der Waals surface area contributed by atoms with Crippen molar-refractivity contribution in [2.45, 2.75) is 52.1 Å². The maximum Gasteiger partial charge on any atom is 0.208 e. The highest BCUT2D eigenvalue weighted by Gasteiger charge is 2.24. The van der Waals surface area contributed by atoms with Gasteiger partial charge in [-0.05, 0) is 32.6 Å². The molecule has 1 aromatic heterocycles. The van der Waals surface area contributed by atoms with Crippen LogP contribution >= 0.6 is 0 Å². The van der Waals surface area contributed by atoms with Crippen LogP contribution < -0.4 is 5.32 Å². The van der Waals surface area contributed by atoms with E-state index in [1.54, 1.807) is 0 Å². The summed E-state index contributed by atoms with van der Waals surface area (Å²) in [6, 6.07) is 0.404. The van der Waals surface area contributed by atoms with Gasteiger partial charge in [0, 0.05) is 12.6 Å². The number of nitrogens with zero attached hydrogens (tertiary/aromatic N) is 1. The van der Waals surface area contributed by atoms with E-state index in [2.05, 4.69) is 10.3 Å². The fraction of sp³-hybridized carbons (Fsp3) is 0.769. The number of aliphatic hydroxyl groups excluding tert-OH is 1. The molecular formula is C13H22N2O2. The smallest absolute Gasteiger partial charge is 0.208 e. The summed E-state index contributed by atoms with van der Waals surface area (Å²) in [4.78, 5) is 4.35. The number of nitrogens with one attached hydrogen (secondary N) is 1. The molecule has 2 unspecified atom stereocenters. The predicted molar refractivity (Wildman–Crippen MR) is 65.6 cm³/mol. The standard InChI is InChI=1S/C13H22N2O2/c1-9-10(2)17-13(15-9)7-14-12-6-4-3-5-11(12)8-16/h11-12,14,16H,3-8H2,1-2H3. The zero-order chi connectivity index (χ0) is 12.3. The third-order valence-electron chi connectivity index (χ3n) is 3.73. The molecule has 0 aromatic carbocycles. The van der Waals surface area contributed by atoms with Gasteiger partial charge in [0.05, 0.1) is 12.2 Å². The summed E-state index contributed by atoms with van der Waals surface area (Å²) in [6.07, 6.45) is 4.75. The van der Waals surface area contributed by atoms with Gasteiger partial charge in [0.2, 0.25) is 5.89 Å². The number of aromatic nitrogens is 1. The molecule has 96 valence electrons. The van der Waals surface area contributed by atoms with Crippen molar-refractivity contribution in [3.63, 3.8) is 0 Å². The van der Waals surface area contributed by atoms with Crippen LogP contribution in [0.1, 0.15) is 43.0 Å². The van der Waals surface area contributed by atoms with Crippen molar-refractivity contribution in [3.8, 4) is 0 Å². The summed E-state index contributed by atoms with van der Waals surface area (Å²) < 4.78 is 5.54. The fourth-order valence-corrected chi connectivity index (χ4v) is 2.53. The molecule has 1 aliphatic rings. The second-order valence-corrected chi connectivity index (χ2v) is 4.96. The minimum atomic E-state index is 0.279. The van der Waals surface area contributed by atoms with Crippen molar-refractivity contribution in [3.05, 3.63) is 17.3 Å². The third kappa shape index (κ3) is 3.07. The molecular weight excluding hydrogens is 216 g/mol. The van der Waals surface area contributed by atoms with Crippen LogP contribution in [-0.4, -0.2) is 22.7 Å². The highest BCUT2D eigenvalue weighted by molar-refractivity contribution is 5.05. The van der Waals surface area contributed by atoms with Crippen LogP contribution in [0.15, 0.2) is 4.42 Å². The Morgan fingerprint density at radius 3 is 2.76 bits per heavy atom. The van der Waals surface area contributed by atoms with Crippen molar-refractivity contribution in [1.29, 1.82) is 0 Å². The molecule has 4 heteroatoms. The van der Waals surface area contributed by atoms with Gasteiger partial charge in [-0.25, -0.2) is 4.98 Å². The predicted octanol–water partition coefficient (Wildman–Crippen LogP) is 1.93. The van der Waals surface area contributed by atoms with Crippen molar-refractivity contribution in [2.75, 3.05) is 6.61 Å². The first-order chi connectivity index (χ1) is 8.20. The van der Waals surface area contributed by atoms with Crippen molar-refractivity contribution in [1.82, 2.24) is 10.3 Å². The molecule has 0 radical (unpaired) electrons. The molecule has 0 saturated heterocycles. The van der Waals surface area contributed by atoms with Gasteiger partial charge in [-0.15, -0.1) is 0 Å². The number of rotatable bonds is 4. The molecule has 0 bridgehead atoms. The number of hydrogen-bond acceptors (Lipinski definition) is 4. The van der Waals surface area contributed by atoms with E-state index in [9.17, 15) is 5.11 Å². The van der Waals surface area contributed by atoms with Gasteiger partial charge >= 0.3 is 0 Å². The van der Waals surface area contributed by atoms with Gasteiger partial charge in [-0.1, -0.05) is 12.8 Å². The maximum atomic E-state index is 9.33. The largest absolute Gasteiger partial charge is 0.444 e. The van der Waals surface area contributed by atoms with E-state index in [4.69, 9.17) is 4.42 Å². The Hall–Kier alpha value is -0.870. The zero-order valence-corrected chi connectivity index (χ0v) is 10.7. The first-order valence-electron chi connectivity index (χ1n) is 6.48. The lowest BCUT2D eigenvalue weighted by Gasteiger charge is -2.30. The molecule has 4 nitrogen and oxygen atoms in total. The van der Waals surface area contributed by atoms with Gasteiger partial charge in [-0.3, -0.25) is 0 Å². The lowest BCUT2D eigenvalue weighted by atomic mass is 9.85. The lowest BCUT2D eigenvalue weighted by Crippen LogP contribution is -2.39. The molecule has 0 spiro atoms. The van der Waals surface area contributed by atoms with Crippen LogP contribution in [0.4, 0.5) is 0 Å². The van der Waals surface area contributed by atoms with Crippen LogP contribution in [-0.2, 0) is 6.54 Å². The van der Waals surface area contributed by atoms with Crippen molar-refractivity contribution in [2.24, 2.45) is 5.92 Å². The molecule has 2 rings (SSSR count). The number of hydrogen-bond donors (Lipinski definition) is 2. The second kappa shape index (κ2) is 5.65. The average molecular weight is 238 g/mol. The van der Waals surface area contributed by atoms with E-state index in [-0.39, 0.29) is 6.61 Å². The minimum absolute atomic E-state index is 0.279.